The van der Waals surface area contributed by atoms with Gasteiger partial charge in [-0.1, -0.05) is 23.7 Å². The van der Waals surface area contributed by atoms with Crippen molar-refractivity contribution in [2.24, 2.45) is 0 Å². The molecule has 0 saturated heterocycles. The third-order valence-electron chi connectivity index (χ3n) is 3.87. The van der Waals surface area contributed by atoms with Gasteiger partial charge in [0.15, 0.2) is 16.4 Å². The van der Waals surface area contributed by atoms with Crippen molar-refractivity contribution in [3.05, 3.63) is 76.9 Å². The first kappa shape index (κ1) is 20.3. The first-order valence-corrected chi connectivity index (χ1v) is 11.1. The smallest absolute Gasteiger partial charge is 0.257 e. The van der Waals surface area contributed by atoms with Crippen molar-refractivity contribution in [2.45, 2.75) is 9.46 Å². The minimum absolute atomic E-state index is 0.0886. The number of hydrogen-bond acceptors (Lipinski definition) is 6. The van der Waals surface area contributed by atoms with Crippen molar-refractivity contribution in [1.82, 2.24) is 10.3 Å². The van der Waals surface area contributed by atoms with Gasteiger partial charge in [-0.05, 0) is 47.3 Å². The van der Waals surface area contributed by atoms with Crippen LogP contribution in [0.25, 0.3) is 0 Å². The number of aromatic nitrogens is 1. The molecule has 1 atom stereocenters. The number of carbonyl (C=O) groups excluding carboxylic acids is 1. The zero-order chi connectivity index (χ0) is 20.0. The Bertz CT molecular complexity index is 1010. The van der Waals surface area contributed by atoms with Gasteiger partial charge >= 0.3 is 0 Å². The van der Waals surface area contributed by atoms with Crippen LogP contribution in [0.3, 0.4) is 0 Å². The molecule has 0 aliphatic rings. The summed E-state index contributed by atoms with van der Waals surface area (Å²) in [4.78, 5) is 16.2. The largest absolute Gasteiger partial charge is 0.484 e. The highest BCUT2D eigenvalue weighted by atomic mass is 35.5. The Morgan fingerprint density at radius 2 is 1.96 bits per heavy atom. The van der Waals surface area contributed by atoms with Crippen LogP contribution >= 0.6 is 22.9 Å². The molecule has 1 aromatic carbocycles. The molecule has 28 heavy (non-hydrogen) atoms. The first-order valence-electron chi connectivity index (χ1n) is 8.29. The summed E-state index contributed by atoms with van der Waals surface area (Å²) in [5, 5.41) is 3.96. The number of halogens is 1. The second-order valence-electron chi connectivity index (χ2n) is 5.80. The fourth-order valence-electron chi connectivity index (χ4n) is 2.48. The van der Waals surface area contributed by atoms with Gasteiger partial charge in [0.05, 0.1) is 0 Å². The maximum atomic E-state index is 13.0. The molecule has 0 saturated carbocycles. The van der Waals surface area contributed by atoms with Crippen molar-refractivity contribution in [2.75, 3.05) is 13.2 Å². The topological polar surface area (TPSA) is 85.4 Å². The van der Waals surface area contributed by atoms with Crippen molar-refractivity contribution in [3.8, 4) is 5.75 Å². The second-order valence-corrected chi connectivity index (χ2v) is 9.54. The van der Waals surface area contributed by atoms with E-state index in [-0.39, 0.29) is 17.4 Å². The zero-order valence-electron chi connectivity index (χ0n) is 14.6. The predicted octanol–water partition coefficient (Wildman–Crippen LogP) is 3.51. The molecular formula is C19H17ClN2O4S2. The van der Waals surface area contributed by atoms with Crippen molar-refractivity contribution in [3.63, 3.8) is 0 Å². The van der Waals surface area contributed by atoms with Crippen LogP contribution in [-0.2, 0) is 14.6 Å². The van der Waals surface area contributed by atoms with Gasteiger partial charge < -0.3 is 10.1 Å². The van der Waals surface area contributed by atoms with Crippen LogP contribution in [0.4, 0.5) is 0 Å². The number of nitrogens with one attached hydrogen (secondary N) is 1. The fourth-order valence-corrected chi connectivity index (χ4v) is 5.45. The van der Waals surface area contributed by atoms with Gasteiger partial charge in [0.25, 0.3) is 5.91 Å². The average molecular weight is 437 g/mol. The van der Waals surface area contributed by atoms with Crippen LogP contribution in [0.5, 0.6) is 5.75 Å². The maximum absolute atomic E-state index is 13.0. The summed E-state index contributed by atoms with van der Waals surface area (Å²) in [6.45, 7) is -0.324. The Kier molecular flexibility index (Phi) is 6.66. The molecule has 0 fully saturated rings. The summed E-state index contributed by atoms with van der Waals surface area (Å²) in [5.74, 6) is 0.0692. The van der Waals surface area contributed by atoms with E-state index in [1.807, 2.05) is 0 Å². The van der Waals surface area contributed by atoms with E-state index < -0.39 is 21.0 Å². The molecule has 0 spiro atoms. The Morgan fingerprint density at radius 3 is 2.61 bits per heavy atom. The zero-order valence-corrected chi connectivity index (χ0v) is 17.0. The predicted molar refractivity (Wildman–Crippen MR) is 108 cm³/mol. The number of carbonyl (C=O) groups is 1. The van der Waals surface area contributed by atoms with Gasteiger partial charge in [0, 0.05) is 24.0 Å². The van der Waals surface area contributed by atoms with E-state index in [1.165, 1.54) is 6.20 Å². The SMILES string of the molecule is O=C(COc1ccc(Cl)cc1)NCC(c1cccnc1)S(=O)(=O)c1cccs1. The third kappa shape index (κ3) is 5.09. The summed E-state index contributed by atoms with van der Waals surface area (Å²) in [7, 11) is -3.67. The summed E-state index contributed by atoms with van der Waals surface area (Å²) in [6, 6.07) is 13.2. The number of hydrogen-bond donors (Lipinski definition) is 1. The molecular weight excluding hydrogens is 420 g/mol. The summed E-state index contributed by atoms with van der Waals surface area (Å²) in [5.41, 5.74) is 0.509. The molecule has 1 N–H and O–H groups in total. The van der Waals surface area contributed by atoms with E-state index in [4.69, 9.17) is 16.3 Å². The first-order chi connectivity index (χ1) is 13.5. The maximum Gasteiger partial charge on any atom is 0.257 e. The standard InChI is InChI=1S/C19H17ClN2O4S2/c20-15-5-7-16(8-6-15)26-13-18(23)22-12-17(14-3-1-9-21-11-14)28(24,25)19-4-2-10-27-19/h1-11,17H,12-13H2,(H,22,23). The molecule has 146 valence electrons. The molecule has 1 amide bonds. The molecule has 3 rings (SSSR count). The van der Waals surface area contributed by atoms with Crippen molar-refractivity contribution >= 4 is 38.7 Å². The highest BCUT2D eigenvalue weighted by Crippen LogP contribution is 2.30. The lowest BCUT2D eigenvalue weighted by Gasteiger charge is -2.18. The van der Waals surface area contributed by atoms with E-state index in [2.05, 4.69) is 10.3 Å². The number of pyridine rings is 1. The number of amides is 1. The number of ether oxygens (including phenoxy) is 1. The molecule has 6 nitrogen and oxygen atoms in total. The van der Waals surface area contributed by atoms with Gasteiger partial charge in [0.2, 0.25) is 0 Å². The van der Waals surface area contributed by atoms with Crippen LogP contribution in [0, 0.1) is 0 Å². The number of sulfone groups is 1. The van der Waals surface area contributed by atoms with E-state index in [0.29, 0.717) is 16.3 Å². The van der Waals surface area contributed by atoms with Crippen LogP contribution < -0.4 is 10.1 Å². The van der Waals surface area contributed by atoms with Gasteiger partial charge in [-0.25, -0.2) is 8.42 Å². The highest BCUT2D eigenvalue weighted by Gasteiger charge is 2.30. The van der Waals surface area contributed by atoms with Crippen LogP contribution in [-0.4, -0.2) is 32.5 Å². The number of rotatable bonds is 8. The minimum atomic E-state index is -3.67. The average Bonchev–Trinajstić information content (AvgIpc) is 3.24. The lowest BCUT2D eigenvalue weighted by Crippen LogP contribution is -2.34. The molecule has 1 unspecified atom stereocenters. The molecule has 0 radical (unpaired) electrons. The van der Waals surface area contributed by atoms with E-state index in [1.54, 1.807) is 60.1 Å². The Labute approximate surface area is 172 Å². The molecule has 2 aromatic heterocycles. The van der Waals surface area contributed by atoms with Crippen molar-refractivity contribution in [1.29, 1.82) is 0 Å². The Balaban J connectivity index is 1.68. The van der Waals surface area contributed by atoms with E-state index >= 15 is 0 Å². The van der Waals surface area contributed by atoms with Crippen LogP contribution in [0.1, 0.15) is 10.8 Å². The van der Waals surface area contributed by atoms with Gasteiger partial charge in [-0.2, -0.15) is 0 Å². The normalized spacial score (nSPS) is 12.3. The molecule has 2 heterocycles. The summed E-state index contributed by atoms with van der Waals surface area (Å²) < 4.78 is 31.6. The van der Waals surface area contributed by atoms with Gasteiger partial charge in [0.1, 0.15) is 15.2 Å². The lowest BCUT2D eigenvalue weighted by molar-refractivity contribution is -0.123. The monoisotopic (exact) mass is 436 g/mol. The number of benzene rings is 1. The van der Waals surface area contributed by atoms with Gasteiger partial charge in [-0.3, -0.25) is 9.78 Å². The molecule has 0 aliphatic heterocycles. The quantitative estimate of drug-likeness (QED) is 0.584. The fraction of sp³-hybridized carbons (Fsp3) is 0.158. The van der Waals surface area contributed by atoms with Crippen LogP contribution in [0.2, 0.25) is 5.02 Å². The number of thiophene rings is 1. The number of nitrogens with zero attached hydrogens (tertiary/aromatic N) is 1. The second kappa shape index (κ2) is 9.18. The lowest BCUT2D eigenvalue weighted by atomic mass is 10.2. The minimum Gasteiger partial charge on any atom is -0.484 e. The van der Waals surface area contributed by atoms with Gasteiger partial charge in [-0.15, -0.1) is 11.3 Å². The molecule has 0 aliphatic carbocycles. The van der Waals surface area contributed by atoms with E-state index in [0.717, 1.165) is 11.3 Å². The summed E-state index contributed by atoms with van der Waals surface area (Å²) in [6.07, 6.45) is 3.06. The Hall–Kier alpha value is -2.42. The molecule has 9 heteroatoms. The van der Waals surface area contributed by atoms with Crippen molar-refractivity contribution < 1.29 is 17.9 Å². The highest BCUT2D eigenvalue weighted by molar-refractivity contribution is 7.93. The molecule has 0 bridgehead atoms. The van der Waals surface area contributed by atoms with E-state index in [9.17, 15) is 13.2 Å². The summed E-state index contributed by atoms with van der Waals surface area (Å²) >= 11 is 6.95. The third-order valence-corrected chi connectivity index (χ3v) is 7.66. The Morgan fingerprint density at radius 1 is 1.18 bits per heavy atom. The van der Waals surface area contributed by atoms with Crippen LogP contribution in [0.15, 0.2) is 70.5 Å². The molecule has 3 aromatic rings.